The first-order valence-corrected chi connectivity index (χ1v) is 24.3. The first-order valence-electron chi connectivity index (χ1n) is 24.3. The molecule has 6 heteroatoms. The topological polar surface area (TPSA) is 64.1 Å². The predicted octanol–water partition coefficient (Wildman–Crippen LogP) is 17.6. The van der Waals surface area contributed by atoms with Crippen LogP contribution < -0.4 is 0 Å². The molecular formula is C63H62N3O2Pt-. The van der Waals surface area contributed by atoms with Gasteiger partial charge >= 0.3 is 0 Å². The van der Waals surface area contributed by atoms with E-state index in [1.54, 1.807) is 0 Å². The Morgan fingerprint density at radius 3 is 1.99 bits per heavy atom. The Bertz CT molecular complexity index is 3570. The number of rotatable bonds is 8. The van der Waals surface area contributed by atoms with Crippen LogP contribution in [0.3, 0.4) is 0 Å². The van der Waals surface area contributed by atoms with Crippen LogP contribution in [0, 0.1) is 6.07 Å². The van der Waals surface area contributed by atoms with Gasteiger partial charge in [-0.1, -0.05) is 173 Å². The molecule has 0 saturated carbocycles. The Labute approximate surface area is 421 Å². The molecule has 352 valence electrons. The van der Waals surface area contributed by atoms with Gasteiger partial charge in [0.25, 0.3) is 0 Å². The molecule has 10 rings (SSSR count). The van der Waals surface area contributed by atoms with Crippen LogP contribution in [-0.4, -0.2) is 19.6 Å². The fourth-order valence-corrected chi connectivity index (χ4v) is 10.2. The van der Waals surface area contributed by atoms with E-state index in [2.05, 4.69) is 197 Å². The molecule has 3 heterocycles. The van der Waals surface area contributed by atoms with Crippen LogP contribution in [0.2, 0.25) is 0 Å². The second-order valence-corrected chi connectivity index (χ2v) is 21.7. The standard InChI is InChI=1S/C63H62N3O2.Pt/c1-36(2)44-22-16-23-45(37(3)4)57(44)42-28-29-64-53(31-42)41-20-15-19-40(30-41)46-24-17-25-54-58(46)65-61(66(54)59-49(38(5)6)32-43(62(7,8)9)33-52(59)63(10,11)12)51-35-56-50(34-55(51)67)48-27-26-39-18-13-14-21-47(39)60(48)68-56;/h13-29,31-38,67H,1-12H3;/q-1;. The Balaban J connectivity index is 0.00000593. The van der Waals surface area contributed by atoms with Gasteiger partial charge in [-0.3, -0.25) is 9.55 Å². The van der Waals surface area contributed by atoms with Gasteiger partial charge in [-0.2, -0.15) is 0 Å². The molecule has 0 aliphatic carbocycles. The van der Waals surface area contributed by atoms with E-state index in [0.29, 0.717) is 28.8 Å². The van der Waals surface area contributed by atoms with Crippen molar-refractivity contribution in [3.8, 4) is 56.3 Å². The van der Waals surface area contributed by atoms with Gasteiger partial charge in [-0.15, -0.1) is 29.8 Å². The minimum atomic E-state index is -0.243. The molecule has 3 aromatic heterocycles. The van der Waals surface area contributed by atoms with Crippen molar-refractivity contribution in [2.45, 2.75) is 112 Å². The number of aromatic hydroxyl groups is 1. The summed E-state index contributed by atoms with van der Waals surface area (Å²) < 4.78 is 9.07. The largest absolute Gasteiger partial charge is 0.507 e. The number of hydrogen-bond donors (Lipinski definition) is 1. The molecule has 0 spiro atoms. The number of hydrogen-bond acceptors (Lipinski definition) is 4. The minimum absolute atomic E-state index is 0. The maximum atomic E-state index is 12.3. The van der Waals surface area contributed by atoms with Crippen molar-refractivity contribution in [1.29, 1.82) is 0 Å². The van der Waals surface area contributed by atoms with Crippen LogP contribution in [-0.2, 0) is 31.9 Å². The van der Waals surface area contributed by atoms with Gasteiger partial charge in [0.05, 0.1) is 22.3 Å². The molecule has 0 radical (unpaired) electrons. The van der Waals surface area contributed by atoms with E-state index in [4.69, 9.17) is 14.4 Å². The van der Waals surface area contributed by atoms with Crippen molar-refractivity contribution in [3.05, 3.63) is 167 Å². The molecule has 0 unspecified atom stereocenters. The van der Waals surface area contributed by atoms with E-state index in [1.165, 1.54) is 33.4 Å². The number of aromatic nitrogens is 3. The second kappa shape index (κ2) is 17.9. The summed E-state index contributed by atoms with van der Waals surface area (Å²) in [5, 5.41) is 16.3. The quantitative estimate of drug-likeness (QED) is 0.154. The summed E-state index contributed by atoms with van der Waals surface area (Å²) in [6, 6.07) is 48.8. The molecule has 10 aromatic rings. The van der Waals surface area contributed by atoms with Crippen molar-refractivity contribution >= 4 is 43.7 Å². The zero-order valence-corrected chi connectivity index (χ0v) is 44.2. The monoisotopic (exact) mass is 1090 g/mol. The van der Waals surface area contributed by atoms with Crippen LogP contribution in [0.1, 0.15) is 129 Å². The third-order valence-electron chi connectivity index (χ3n) is 13.8. The van der Waals surface area contributed by atoms with Crippen molar-refractivity contribution < 1.29 is 30.6 Å². The maximum Gasteiger partial charge on any atom is 0.148 e. The Hall–Kier alpha value is -6.29. The number of benzene rings is 7. The fourth-order valence-electron chi connectivity index (χ4n) is 10.2. The van der Waals surface area contributed by atoms with Gasteiger partial charge in [0.15, 0.2) is 0 Å². The predicted molar refractivity (Wildman–Crippen MR) is 286 cm³/mol. The van der Waals surface area contributed by atoms with E-state index in [1.807, 2.05) is 30.5 Å². The van der Waals surface area contributed by atoms with Crippen LogP contribution >= 0.6 is 0 Å². The summed E-state index contributed by atoms with van der Waals surface area (Å²) in [5.41, 5.74) is 17.1. The van der Waals surface area contributed by atoms with Crippen molar-refractivity contribution in [2.24, 2.45) is 0 Å². The van der Waals surface area contributed by atoms with Crippen molar-refractivity contribution in [3.63, 3.8) is 0 Å². The van der Waals surface area contributed by atoms with Gasteiger partial charge in [0.1, 0.15) is 22.7 Å². The molecule has 0 bridgehead atoms. The summed E-state index contributed by atoms with van der Waals surface area (Å²) in [6.07, 6.45) is 1.93. The smallest absolute Gasteiger partial charge is 0.148 e. The number of imidazole rings is 1. The van der Waals surface area contributed by atoms with E-state index in [-0.39, 0.29) is 43.6 Å². The van der Waals surface area contributed by atoms with Crippen LogP contribution in [0.25, 0.3) is 94.3 Å². The van der Waals surface area contributed by atoms with Gasteiger partial charge < -0.3 is 9.52 Å². The molecule has 0 amide bonds. The van der Waals surface area contributed by atoms with Gasteiger partial charge in [-0.25, -0.2) is 4.98 Å². The normalized spacial score (nSPS) is 12.4. The number of pyridine rings is 1. The molecular weight excluding hydrogens is 1030 g/mol. The van der Waals surface area contributed by atoms with Gasteiger partial charge in [-0.05, 0) is 103 Å². The maximum absolute atomic E-state index is 12.3. The van der Waals surface area contributed by atoms with E-state index in [0.717, 1.165) is 71.8 Å². The SMILES string of the molecule is CC(C)c1cccc(C(C)C)c1-c1ccnc(-c2[c-]c(-c3cccc4c3nc(-c3cc5oc6c7ccccc7ccc6c5cc3O)n4-c3c(C(C)C)cc(C(C)(C)C)cc3C(C)(C)C)ccc2)c1.[Pt]. The fraction of sp³-hybridized carbons (Fsp3) is 0.270. The third kappa shape index (κ3) is 8.41. The van der Waals surface area contributed by atoms with E-state index >= 15 is 0 Å². The van der Waals surface area contributed by atoms with Crippen molar-refractivity contribution in [2.75, 3.05) is 0 Å². The molecule has 0 aliphatic heterocycles. The Kier molecular flexibility index (Phi) is 12.4. The van der Waals surface area contributed by atoms with Crippen LogP contribution in [0.5, 0.6) is 5.75 Å². The second-order valence-electron chi connectivity index (χ2n) is 21.7. The molecule has 0 saturated heterocycles. The first-order chi connectivity index (χ1) is 32.4. The van der Waals surface area contributed by atoms with E-state index in [9.17, 15) is 5.11 Å². The van der Waals surface area contributed by atoms with E-state index < -0.39 is 0 Å². The van der Waals surface area contributed by atoms with Gasteiger partial charge in [0, 0.05) is 49.1 Å². The number of phenolic OH excluding ortho intramolecular Hbond substituents is 1. The average molecular weight is 1090 g/mol. The first kappa shape index (κ1) is 47.8. The number of furan rings is 1. The summed E-state index contributed by atoms with van der Waals surface area (Å²) in [4.78, 5) is 10.6. The number of phenols is 1. The number of para-hydroxylation sites is 1. The number of nitrogens with zero attached hydrogens (tertiary/aromatic N) is 3. The zero-order valence-electron chi connectivity index (χ0n) is 41.9. The molecule has 5 nitrogen and oxygen atoms in total. The summed E-state index contributed by atoms with van der Waals surface area (Å²) in [7, 11) is 0. The summed E-state index contributed by atoms with van der Waals surface area (Å²) in [6.45, 7) is 27.4. The van der Waals surface area contributed by atoms with Crippen LogP contribution in [0.4, 0.5) is 0 Å². The average Bonchev–Trinajstić information content (AvgIpc) is 3.88. The minimum Gasteiger partial charge on any atom is -0.507 e. The molecule has 0 aliphatic rings. The van der Waals surface area contributed by atoms with Crippen LogP contribution in [0.15, 0.2) is 138 Å². The molecule has 69 heavy (non-hydrogen) atoms. The zero-order chi connectivity index (χ0) is 48.0. The summed E-state index contributed by atoms with van der Waals surface area (Å²) >= 11 is 0. The Morgan fingerprint density at radius 2 is 1.29 bits per heavy atom. The Morgan fingerprint density at radius 1 is 0.609 bits per heavy atom. The molecule has 7 aromatic carbocycles. The molecule has 0 atom stereocenters. The van der Waals surface area contributed by atoms with Gasteiger partial charge in [0.2, 0.25) is 0 Å². The summed E-state index contributed by atoms with van der Waals surface area (Å²) in [5.74, 6) is 1.70. The molecule has 0 fully saturated rings. The van der Waals surface area contributed by atoms with Crippen molar-refractivity contribution in [1.82, 2.24) is 14.5 Å². The number of fused-ring (bicyclic) bond motifs is 6. The molecule has 1 N–H and O–H groups in total. The third-order valence-corrected chi connectivity index (χ3v) is 13.8.